The first-order valence-corrected chi connectivity index (χ1v) is 8.38. The van der Waals surface area contributed by atoms with E-state index in [0.29, 0.717) is 43.4 Å². The largest absolute Gasteiger partial charge is 0.366 e. The number of nitrogens with zero attached hydrogens (tertiary/aromatic N) is 2. The van der Waals surface area contributed by atoms with Crippen molar-refractivity contribution in [1.29, 1.82) is 0 Å². The fourth-order valence-electron chi connectivity index (χ4n) is 2.78. The van der Waals surface area contributed by atoms with E-state index in [1.165, 1.54) is 12.1 Å². The zero-order valence-corrected chi connectivity index (χ0v) is 14.3. The maximum absolute atomic E-state index is 13.8. The number of halogens is 3. The molecular formula is C18H18ClF2N3O. The first-order valence-electron chi connectivity index (χ1n) is 8.00. The molecular weight excluding hydrogens is 348 g/mol. The maximum atomic E-state index is 13.8. The highest BCUT2D eigenvalue weighted by Crippen LogP contribution is 2.21. The minimum atomic E-state index is -0.596. The number of benzene rings is 2. The van der Waals surface area contributed by atoms with Crippen LogP contribution < -0.4 is 10.2 Å². The third-order valence-electron chi connectivity index (χ3n) is 4.17. The van der Waals surface area contributed by atoms with Crippen LogP contribution in [0.15, 0.2) is 42.5 Å². The molecule has 1 aliphatic rings. The summed E-state index contributed by atoms with van der Waals surface area (Å²) in [6, 6.07) is 10.7. The van der Waals surface area contributed by atoms with Gasteiger partial charge in [-0.15, -0.1) is 0 Å². The smallest absolute Gasteiger partial charge is 0.317 e. The van der Waals surface area contributed by atoms with E-state index >= 15 is 0 Å². The molecule has 1 fully saturated rings. The Morgan fingerprint density at radius 1 is 1.04 bits per heavy atom. The molecule has 0 atom stereocenters. The average molecular weight is 366 g/mol. The van der Waals surface area contributed by atoms with Gasteiger partial charge in [-0.1, -0.05) is 23.7 Å². The number of rotatable bonds is 3. The van der Waals surface area contributed by atoms with Crippen molar-refractivity contribution in [3.63, 3.8) is 0 Å². The van der Waals surface area contributed by atoms with E-state index < -0.39 is 11.6 Å². The summed E-state index contributed by atoms with van der Waals surface area (Å²) in [6.45, 7) is 2.36. The maximum Gasteiger partial charge on any atom is 0.317 e. The van der Waals surface area contributed by atoms with Crippen molar-refractivity contribution in [2.75, 3.05) is 31.1 Å². The van der Waals surface area contributed by atoms with Crippen molar-refractivity contribution in [1.82, 2.24) is 10.2 Å². The molecule has 132 valence electrons. The summed E-state index contributed by atoms with van der Waals surface area (Å²) >= 11 is 5.83. The Morgan fingerprint density at radius 3 is 2.36 bits per heavy atom. The number of hydrogen-bond acceptors (Lipinski definition) is 2. The van der Waals surface area contributed by atoms with Gasteiger partial charge < -0.3 is 15.1 Å². The summed E-state index contributed by atoms with van der Waals surface area (Å²) < 4.78 is 26.8. The molecule has 2 amide bonds. The molecule has 0 aromatic heterocycles. The molecule has 3 rings (SSSR count). The number of urea groups is 1. The van der Waals surface area contributed by atoms with Crippen molar-refractivity contribution >= 4 is 23.3 Å². The second kappa shape index (κ2) is 7.70. The van der Waals surface area contributed by atoms with Crippen molar-refractivity contribution in [3.8, 4) is 0 Å². The Labute approximate surface area is 150 Å². The molecule has 2 aromatic carbocycles. The molecule has 0 spiro atoms. The number of carbonyl (C=O) groups excluding carboxylic acids is 1. The van der Waals surface area contributed by atoms with Crippen LogP contribution in [0.1, 0.15) is 5.56 Å². The van der Waals surface area contributed by atoms with E-state index in [4.69, 9.17) is 11.6 Å². The van der Waals surface area contributed by atoms with E-state index in [0.717, 1.165) is 11.6 Å². The standard InChI is InChI=1S/C18H18ClF2N3O/c19-14-3-1-13(2-4-14)12-22-18(25)24-9-7-23(8-10-24)17-6-5-15(20)11-16(17)21/h1-6,11H,7-10,12H2,(H,22,25). The Balaban J connectivity index is 1.51. The average Bonchev–Trinajstić information content (AvgIpc) is 2.61. The number of amides is 2. The van der Waals surface area contributed by atoms with E-state index in [1.54, 1.807) is 17.0 Å². The molecule has 4 nitrogen and oxygen atoms in total. The van der Waals surface area contributed by atoms with Gasteiger partial charge in [0, 0.05) is 43.8 Å². The van der Waals surface area contributed by atoms with Crippen LogP contribution >= 0.6 is 11.6 Å². The number of carbonyl (C=O) groups is 1. The zero-order valence-electron chi connectivity index (χ0n) is 13.5. The predicted molar refractivity (Wildman–Crippen MR) is 93.8 cm³/mol. The SMILES string of the molecule is O=C(NCc1ccc(Cl)cc1)N1CCN(c2ccc(F)cc2F)CC1. The second-order valence-electron chi connectivity index (χ2n) is 5.86. The van der Waals surface area contributed by atoms with Crippen molar-refractivity contribution < 1.29 is 13.6 Å². The molecule has 0 radical (unpaired) electrons. The predicted octanol–water partition coefficient (Wildman–Crippen LogP) is 3.65. The van der Waals surface area contributed by atoms with E-state index in [2.05, 4.69) is 5.32 Å². The first kappa shape index (κ1) is 17.5. The lowest BCUT2D eigenvalue weighted by Crippen LogP contribution is -2.51. The van der Waals surface area contributed by atoms with Crippen LogP contribution in [0.4, 0.5) is 19.3 Å². The van der Waals surface area contributed by atoms with Gasteiger partial charge in [0.2, 0.25) is 0 Å². The first-order chi connectivity index (χ1) is 12.0. The monoisotopic (exact) mass is 365 g/mol. The lowest BCUT2D eigenvalue weighted by molar-refractivity contribution is 0.194. The highest BCUT2D eigenvalue weighted by atomic mass is 35.5. The van der Waals surface area contributed by atoms with Crippen LogP contribution in [0.2, 0.25) is 5.02 Å². The highest BCUT2D eigenvalue weighted by Gasteiger charge is 2.22. The fraction of sp³-hybridized carbons (Fsp3) is 0.278. The molecule has 1 aliphatic heterocycles. The van der Waals surface area contributed by atoms with Gasteiger partial charge in [-0.05, 0) is 29.8 Å². The third kappa shape index (κ3) is 4.39. The van der Waals surface area contributed by atoms with Crippen LogP contribution in [-0.4, -0.2) is 37.1 Å². The molecule has 0 bridgehead atoms. The van der Waals surface area contributed by atoms with Crippen LogP contribution in [0.5, 0.6) is 0 Å². The number of hydrogen-bond donors (Lipinski definition) is 1. The van der Waals surface area contributed by atoms with E-state index in [9.17, 15) is 13.6 Å². The lowest BCUT2D eigenvalue weighted by Gasteiger charge is -2.36. The molecule has 2 aromatic rings. The minimum absolute atomic E-state index is 0.158. The van der Waals surface area contributed by atoms with Gasteiger partial charge in [0.15, 0.2) is 0 Å². The Morgan fingerprint density at radius 2 is 1.72 bits per heavy atom. The Bertz CT molecular complexity index is 746. The quantitative estimate of drug-likeness (QED) is 0.901. The molecule has 1 saturated heterocycles. The Kier molecular flexibility index (Phi) is 5.38. The van der Waals surface area contributed by atoms with Crippen molar-refractivity contribution in [2.24, 2.45) is 0 Å². The molecule has 1 heterocycles. The van der Waals surface area contributed by atoms with Gasteiger partial charge in [-0.2, -0.15) is 0 Å². The molecule has 25 heavy (non-hydrogen) atoms. The third-order valence-corrected chi connectivity index (χ3v) is 4.43. The van der Waals surface area contributed by atoms with Crippen LogP contribution in [0, 0.1) is 11.6 Å². The summed E-state index contributed by atoms with van der Waals surface area (Å²) in [7, 11) is 0. The molecule has 0 saturated carbocycles. The normalized spacial score (nSPS) is 14.5. The van der Waals surface area contributed by atoms with Crippen LogP contribution in [-0.2, 0) is 6.54 Å². The van der Waals surface area contributed by atoms with Crippen molar-refractivity contribution in [2.45, 2.75) is 6.54 Å². The Hall–Kier alpha value is -2.34. The summed E-state index contributed by atoms with van der Waals surface area (Å²) in [5.41, 5.74) is 1.33. The number of anilines is 1. The molecule has 1 N–H and O–H groups in total. The summed E-state index contributed by atoms with van der Waals surface area (Å²) in [5.74, 6) is -1.18. The number of piperazine rings is 1. The molecule has 0 unspecified atom stereocenters. The summed E-state index contributed by atoms with van der Waals surface area (Å²) in [5, 5.41) is 3.52. The molecule has 7 heteroatoms. The minimum Gasteiger partial charge on any atom is -0.366 e. The molecule has 0 aliphatic carbocycles. The number of nitrogens with one attached hydrogen (secondary N) is 1. The van der Waals surface area contributed by atoms with Gasteiger partial charge in [-0.3, -0.25) is 0 Å². The van der Waals surface area contributed by atoms with Gasteiger partial charge >= 0.3 is 6.03 Å². The van der Waals surface area contributed by atoms with E-state index in [-0.39, 0.29) is 6.03 Å². The van der Waals surface area contributed by atoms with E-state index in [1.807, 2.05) is 17.0 Å². The van der Waals surface area contributed by atoms with Gasteiger partial charge in [0.25, 0.3) is 0 Å². The highest BCUT2D eigenvalue weighted by molar-refractivity contribution is 6.30. The second-order valence-corrected chi connectivity index (χ2v) is 6.29. The van der Waals surface area contributed by atoms with Gasteiger partial charge in [0.05, 0.1) is 5.69 Å². The fourth-order valence-corrected chi connectivity index (χ4v) is 2.91. The van der Waals surface area contributed by atoms with Gasteiger partial charge in [0.1, 0.15) is 11.6 Å². The zero-order chi connectivity index (χ0) is 17.8. The summed E-state index contributed by atoms with van der Waals surface area (Å²) in [6.07, 6.45) is 0. The van der Waals surface area contributed by atoms with Crippen LogP contribution in [0.25, 0.3) is 0 Å². The van der Waals surface area contributed by atoms with Gasteiger partial charge in [-0.25, -0.2) is 13.6 Å². The van der Waals surface area contributed by atoms with Crippen LogP contribution in [0.3, 0.4) is 0 Å². The van der Waals surface area contributed by atoms with Crippen molar-refractivity contribution in [3.05, 3.63) is 64.7 Å². The summed E-state index contributed by atoms with van der Waals surface area (Å²) in [4.78, 5) is 15.7. The topological polar surface area (TPSA) is 35.6 Å². The lowest BCUT2D eigenvalue weighted by atomic mass is 10.2.